The van der Waals surface area contributed by atoms with Gasteiger partial charge in [0.15, 0.2) is 13.6 Å². The Morgan fingerprint density at radius 2 is 1.33 bits per heavy atom. The Bertz CT molecular complexity index is 1480. The first-order chi connectivity index (χ1) is 25.8. The first kappa shape index (κ1) is 38.3. The highest BCUT2D eigenvalue weighted by Gasteiger charge is 2.70. The Balaban J connectivity index is 1.10. The first-order valence-corrected chi connectivity index (χ1v) is 21.2. The van der Waals surface area contributed by atoms with Gasteiger partial charge < -0.3 is 28.4 Å². The SMILES string of the molecule is COCOC(=O)C1C2CC(C(C)C2C2C3CCC(C3)C2C2C3CC(CC3C(=O)OCOC3CCCCC3)C2C2C(=O)OC(=O)C2C)C1C(=O)OC(C)(C)C. The molecule has 17 atom stereocenters. The van der Waals surface area contributed by atoms with Crippen molar-refractivity contribution in [2.45, 2.75) is 117 Å². The molecule has 17 unspecified atom stereocenters. The number of cyclic esters (lactones) is 2. The lowest BCUT2D eigenvalue weighted by Gasteiger charge is -2.50. The summed E-state index contributed by atoms with van der Waals surface area (Å²) in [5.41, 5.74) is -0.686. The highest BCUT2D eigenvalue weighted by molar-refractivity contribution is 5.96. The summed E-state index contributed by atoms with van der Waals surface area (Å²) < 4.78 is 33.9. The van der Waals surface area contributed by atoms with Crippen LogP contribution in [0, 0.1) is 101 Å². The zero-order valence-corrected chi connectivity index (χ0v) is 33.1. The average molecular weight is 755 g/mol. The molecule has 1 aliphatic heterocycles. The first-order valence-electron chi connectivity index (χ1n) is 21.2. The molecule has 0 radical (unpaired) electrons. The van der Waals surface area contributed by atoms with E-state index in [9.17, 15) is 24.0 Å². The van der Waals surface area contributed by atoms with Crippen LogP contribution >= 0.6 is 0 Å². The molecule has 1 saturated heterocycles. The summed E-state index contributed by atoms with van der Waals surface area (Å²) in [5.74, 6) is -2.44. The van der Waals surface area contributed by atoms with Crippen LogP contribution in [0.3, 0.4) is 0 Å². The van der Waals surface area contributed by atoms with Gasteiger partial charge in [-0.1, -0.05) is 33.1 Å². The van der Waals surface area contributed by atoms with Gasteiger partial charge in [0.05, 0.1) is 35.7 Å². The van der Waals surface area contributed by atoms with Gasteiger partial charge in [0.2, 0.25) is 0 Å². The number of fused-ring (bicyclic) bond motifs is 6. The number of hydrogen-bond acceptors (Lipinski definition) is 11. The zero-order chi connectivity index (χ0) is 38.2. The van der Waals surface area contributed by atoms with Crippen LogP contribution in [0.4, 0.5) is 0 Å². The molecule has 8 aliphatic rings. The molecule has 1 heterocycles. The van der Waals surface area contributed by atoms with Gasteiger partial charge in [-0.2, -0.15) is 0 Å². The average Bonchev–Trinajstić information content (AvgIpc) is 3.99. The van der Waals surface area contributed by atoms with Crippen molar-refractivity contribution in [1.29, 1.82) is 0 Å². The van der Waals surface area contributed by atoms with Crippen LogP contribution in [-0.2, 0) is 52.4 Å². The van der Waals surface area contributed by atoms with Crippen LogP contribution in [-0.4, -0.2) is 62.2 Å². The lowest BCUT2D eigenvalue weighted by Crippen LogP contribution is -2.51. The second kappa shape index (κ2) is 14.8. The minimum atomic E-state index is -0.686. The Morgan fingerprint density at radius 1 is 0.667 bits per heavy atom. The Morgan fingerprint density at radius 3 is 1.98 bits per heavy atom. The minimum absolute atomic E-state index is 0.0140. The molecule has 0 aromatic carbocycles. The number of methoxy groups -OCH3 is 1. The zero-order valence-electron chi connectivity index (χ0n) is 33.1. The molecule has 54 heavy (non-hydrogen) atoms. The lowest BCUT2D eigenvalue weighted by molar-refractivity contribution is -0.179. The Hall–Kier alpha value is -2.53. The maximum atomic E-state index is 13.9. The molecule has 7 aliphatic carbocycles. The maximum Gasteiger partial charge on any atom is 0.317 e. The number of ether oxygens (including phenoxy) is 6. The molecule has 11 heteroatoms. The van der Waals surface area contributed by atoms with Gasteiger partial charge in [-0.25, -0.2) is 0 Å². The fourth-order valence-corrected chi connectivity index (χ4v) is 14.6. The van der Waals surface area contributed by atoms with E-state index in [1.54, 1.807) is 0 Å². The monoisotopic (exact) mass is 754 g/mol. The molecule has 11 nitrogen and oxygen atoms in total. The fraction of sp³-hybridized carbons (Fsp3) is 0.884. The third-order valence-electron chi connectivity index (χ3n) is 16.1. The van der Waals surface area contributed by atoms with Crippen molar-refractivity contribution in [3.05, 3.63) is 0 Å². The van der Waals surface area contributed by atoms with E-state index in [-0.39, 0.29) is 96.7 Å². The van der Waals surface area contributed by atoms with Gasteiger partial charge in [-0.05, 0) is 143 Å². The van der Waals surface area contributed by atoms with E-state index in [0.29, 0.717) is 18.3 Å². The predicted octanol–water partition coefficient (Wildman–Crippen LogP) is 6.35. The van der Waals surface area contributed by atoms with E-state index in [1.807, 2.05) is 27.7 Å². The van der Waals surface area contributed by atoms with Gasteiger partial charge in [0.25, 0.3) is 0 Å². The quantitative estimate of drug-likeness (QED) is 0.101. The smallest absolute Gasteiger partial charge is 0.317 e. The molecule has 0 N–H and O–H groups in total. The minimum Gasteiger partial charge on any atom is -0.460 e. The largest absolute Gasteiger partial charge is 0.460 e. The molecule has 300 valence electrons. The highest BCUT2D eigenvalue weighted by Crippen LogP contribution is 2.72. The number of carbonyl (C=O) groups excluding carboxylic acids is 5. The van der Waals surface area contributed by atoms with Crippen molar-refractivity contribution in [2.24, 2.45) is 101 Å². The van der Waals surface area contributed by atoms with Gasteiger partial charge in [0.1, 0.15) is 5.60 Å². The van der Waals surface area contributed by atoms with E-state index in [0.717, 1.165) is 57.8 Å². The number of rotatable bonds is 11. The Labute approximate surface area is 320 Å². The lowest BCUT2D eigenvalue weighted by atomic mass is 9.53. The number of esters is 5. The Kier molecular flexibility index (Phi) is 10.5. The van der Waals surface area contributed by atoms with Gasteiger partial charge >= 0.3 is 29.8 Å². The van der Waals surface area contributed by atoms with Gasteiger partial charge in [-0.3, -0.25) is 24.0 Å². The molecule has 0 aromatic rings. The number of hydrogen-bond donors (Lipinski definition) is 0. The van der Waals surface area contributed by atoms with Crippen molar-refractivity contribution in [3.63, 3.8) is 0 Å². The van der Waals surface area contributed by atoms with Gasteiger partial charge in [-0.15, -0.1) is 0 Å². The predicted molar refractivity (Wildman–Crippen MR) is 192 cm³/mol. The standard InChI is InChI=1S/C43H62O11/c1-20-26-17-29(37(40(46)51-18-49-6)36(26)42(48)54-43(3,4)5)30(20)32-22-12-13-23(14-22)33(32)35-27-15-24(34(35)31-21(2)38(44)53-41(31)47)16-28(27)39(45)52-19-50-25-10-8-7-9-11-25/h20-37H,7-19H2,1-6H3. The van der Waals surface area contributed by atoms with Crippen molar-refractivity contribution >= 4 is 29.8 Å². The summed E-state index contributed by atoms with van der Waals surface area (Å²) in [5, 5.41) is 0. The second-order valence-corrected chi connectivity index (χ2v) is 19.7. The third-order valence-corrected chi connectivity index (χ3v) is 16.1. The van der Waals surface area contributed by atoms with E-state index < -0.39 is 47.2 Å². The van der Waals surface area contributed by atoms with Crippen LogP contribution in [0.1, 0.15) is 105 Å². The summed E-state index contributed by atoms with van der Waals surface area (Å²) in [7, 11) is 1.48. The van der Waals surface area contributed by atoms with Crippen molar-refractivity contribution < 1.29 is 52.4 Å². The van der Waals surface area contributed by atoms with E-state index >= 15 is 0 Å². The van der Waals surface area contributed by atoms with E-state index in [2.05, 4.69) is 6.92 Å². The topological polar surface area (TPSA) is 141 Å². The van der Waals surface area contributed by atoms with Crippen LogP contribution < -0.4 is 0 Å². The molecule has 6 bridgehead atoms. The number of carbonyl (C=O) groups is 5. The van der Waals surface area contributed by atoms with E-state index in [1.165, 1.54) is 13.5 Å². The third kappa shape index (κ3) is 6.52. The normalized spacial score (nSPS) is 45.3. The molecule has 0 spiro atoms. The second-order valence-electron chi connectivity index (χ2n) is 19.7. The van der Waals surface area contributed by atoms with Crippen LogP contribution in [0.5, 0.6) is 0 Å². The van der Waals surface area contributed by atoms with Gasteiger partial charge in [0, 0.05) is 7.11 Å². The molecular formula is C43H62O11. The van der Waals surface area contributed by atoms with Crippen molar-refractivity contribution in [3.8, 4) is 0 Å². The molecule has 0 amide bonds. The summed E-state index contributed by atoms with van der Waals surface area (Å²) in [6.45, 7) is 9.48. The summed E-state index contributed by atoms with van der Waals surface area (Å²) >= 11 is 0. The highest BCUT2D eigenvalue weighted by atomic mass is 16.7. The van der Waals surface area contributed by atoms with Crippen molar-refractivity contribution in [1.82, 2.24) is 0 Å². The summed E-state index contributed by atoms with van der Waals surface area (Å²) in [4.78, 5) is 68.1. The van der Waals surface area contributed by atoms with Crippen LogP contribution in [0.2, 0.25) is 0 Å². The molecule has 8 fully saturated rings. The van der Waals surface area contributed by atoms with Crippen LogP contribution in [0.25, 0.3) is 0 Å². The molecule has 0 aromatic heterocycles. The molecule has 7 saturated carbocycles. The van der Waals surface area contributed by atoms with Crippen molar-refractivity contribution in [2.75, 3.05) is 20.7 Å². The summed E-state index contributed by atoms with van der Waals surface area (Å²) in [6, 6.07) is 0. The van der Waals surface area contributed by atoms with Crippen LogP contribution in [0.15, 0.2) is 0 Å². The maximum absolute atomic E-state index is 13.9. The summed E-state index contributed by atoms with van der Waals surface area (Å²) in [6.07, 6.45) is 11.2. The van der Waals surface area contributed by atoms with E-state index in [4.69, 9.17) is 28.4 Å². The fourth-order valence-electron chi connectivity index (χ4n) is 14.6. The molecule has 8 rings (SSSR count). The molecular weight excluding hydrogens is 692 g/mol.